The second kappa shape index (κ2) is 8.89. The summed E-state index contributed by atoms with van der Waals surface area (Å²) < 4.78 is 5.40. The maximum Gasteiger partial charge on any atom is 0.326 e. The van der Waals surface area contributed by atoms with E-state index in [9.17, 15) is 19.2 Å². The van der Waals surface area contributed by atoms with Crippen molar-refractivity contribution in [3.63, 3.8) is 0 Å². The van der Waals surface area contributed by atoms with E-state index in [0.717, 1.165) is 0 Å². The van der Waals surface area contributed by atoms with Crippen LogP contribution in [-0.4, -0.2) is 43.5 Å². The zero-order valence-corrected chi connectivity index (χ0v) is 14.1. The molecule has 1 atom stereocenters. The van der Waals surface area contributed by atoms with Gasteiger partial charge in [0.05, 0.1) is 5.56 Å². The van der Waals surface area contributed by atoms with Gasteiger partial charge in [0.15, 0.2) is 6.10 Å². The maximum absolute atomic E-state index is 11.9. The summed E-state index contributed by atoms with van der Waals surface area (Å²) in [4.78, 5) is 46.0. The van der Waals surface area contributed by atoms with Crippen molar-refractivity contribution in [3.05, 3.63) is 34.3 Å². The minimum atomic E-state index is -1.17. The van der Waals surface area contributed by atoms with Crippen molar-refractivity contribution in [1.29, 1.82) is 0 Å². The minimum Gasteiger partial charge on any atom is -0.451 e. The molecule has 0 saturated heterocycles. The summed E-state index contributed by atoms with van der Waals surface area (Å²) in [6, 6.07) is 6.01. The van der Waals surface area contributed by atoms with Crippen molar-refractivity contribution < 1.29 is 23.9 Å². The molecule has 0 aliphatic heterocycles. The molecule has 0 saturated carbocycles. The molecule has 0 aliphatic carbocycles. The zero-order chi connectivity index (χ0) is 17.4. The molecule has 0 aromatic heterocycles. The highest BCUT2D eigenvalue weighted by Gasteiger charge is 2.20. The first-order valence-electron chi connectivity index (χ1n) is 6.60. The monoisotopic (exact) mass is 385 g/mol. The Labute approximate surface area is 141 Å². The standard InChI is InChI=1S/C14H16BrN3O5/c1-8(12(20)18-14(22)16-2)23-11(19)7-17-13(21)9-5-3-4-6-10(9)15/h3-6,8H,7H2,1-2H3,(H,17,21)(H2,16,18,20,22)/t8-/m1/s1. The van der Waals surface area contributed by atoms with E-state index in [0.29, 0.717) is 10.0 Å². The molecule has 0 fully saturated rings. The highest BCUT2D eigenvalue weighted by molar-refractivity contribution is 9.10. The van der Waals surface area contributed by atoms with E-state index in [2.05, 4.69) is 26.6 Å². The number of esters is 1. The van der Waals surface area contributed by atoms with Gasteiger partial charge >= 0.3 is 12.0 Å². The van der Waals surface area contributed by atoms with Crippen molar-refractivity contribution in [3.8, 4) is 0 Å². The van der Waals surface area contributed by atoms with Gasteiger partial charge in [0.1, 0.15) is 6.54 Å². The number of carbonyl (C=O) groups is 4. The zero-order valence-electron chi connectivity index (χ0n) is 12.5. The number of benzene rings is 1. The van der Waals surface area contributed by atoms with Gasteiger partial charge in [-0.2, -0.15) is 0 Å². The van der Waals surface area contributed by atoms with Crippen LogP contribution in [0.2, 0.25) is 0 Å². The van der Waals surface area contributed by atoms with Gasteiger partial charge in [-0.05, 0) is 35.0 Å². The van der Waals surface area contributed by atoms with Crippen LogP contribution in [0.4, 0.5) is 4.79 Å². The van der Waals surface area contributed by atoms with Crippen molar-refractivity contribution in [2.45, 2.75) is 13.0 Å². The largest absolute Gasteiger partial charge is 0.451 e. The molecule has 1 rings (SSSR count). The van der Waals surface area contributed by atoms with Crippen LogP contribution < -0.4 is 16.0 Å². The van der Waals surface area contributed by atoms with Crippen LogP contribution in [0, 0.1) is 0 Å². The second-order valence-corrected chi connectivity index (χ2v) is 5.22. The molecule has 1 aromatic rings. The van der Waals surface area contributed by atoms with E-state index < -0.39 is 36.5 Å². The molecule has 0 bridgehead atoms. The first-order valence-corrected chi connectivity index (χ1v) is 7.39. The number of carbonyl (C=O) groups excluding carboxylic acids is 4. The number of amides is 4. The lowest BCUT2D eigenvalue weighted by Gasteiger charge is -2.13. The van der Waals surface area contributed by atoms with E-state index in [1.54, 1.807) is 24.3 Å². The van der Waals surface area contributed by atoms with Crippen molar-refractivity contribution in [2.75, 3.05) is 13.6 Å². The third-order valence-corrected chi connectivity index (χ3v) is 3.34. The summed E-state index contributed by atoms with van der Waals surface area (Å²) in [6.45, 7) is 0.906. The number of imide groups is 1. The minimum absolute atomic E-state index is 0.366. The number of hydrogen-bond donors (Lipinski definition) is 3. The van der Waals surface area contributed by atoms with Crippen LogP contribution in [0.15, 0.2) is 28.7 Å². The normalized spacial score (nSPS) is 11.1. The Kier molecular flexibility index (Phi) is 7.20. The highest BCUT2D eigenvalue weighted by atomic mass is 79.9. The van der Waals surface area contributed by atoms with Gasteiger partial charge in [-0.3, -0.25) is 19.7 Å². The average molecular weight is 386 g/mol. The Hall–Kier alpha value is -2.42. The topological polar surface area (TPSA) is 114 Å². The Balaban J connectivity index is 2.45. The predicted octanol–water partition coefficient (Wildman–Crippen LogP) is 0.566. The van der Waals surface area contributed by atoms with Crippen LogP contribution in [0.1, 0.15) is 17.3 Å². The number of nitrogens with one attached hydrogen (secondary N) is 3. The fourth-order valence-electron chi connectivity index (χ4n) is 1.46. The number of ether oxygens (including phenoxy) is 1. The lowest BCUT2D eigenvalue weighted by Crippen LogP contribution is -2.44. The van der Waals surface area contributed by atoms with Gasteiger partial charge in [0, 0.05) is 11.5 Å². The van der Waals surface area contributed by atoms with Crippen molar-refractivity contribution >= 4 is 39.7 Å². The molecular weight excluding hydrogens is 370 g/mol. The summed E-state index contributed by atoms with van der Waals surface area (Å²) in [5, 5.41) is 6.55. The third-order valence-electron chi connectivity index (χ3n) is 2.65. The molecule has 0 aliphatic rings. The molecule has 0 heterocycles. The van der Waals surface area contributed by atoms with E-state index in [1.165, 1.54) is 14.0 Å². The SMILES string of the molecule is CNC(=O)NC(=O)[C@@H](C)OC(=O)CNC(=O)c1ccccc1Br. The molecule has 0 spiro atoms. The third kappa shape index (κ3) is 6.07. The van der Waals surface area contributed by atoms with E-state index in [4.69, 9.17) is 4.74 Å². The Morgan fingerprint density at radius 3 is 2.48 bits per heavy atom. The Morgan fingerprint density at radius 1 is 1.22 bits per heavy atom. The van der Waals surface area contributed by atoms with E-state index in [1.807, 2.05) is 5.32 Å². The molecule has 124 valence electrons. The van der Waals surface area contributed by atoms with E-state index >= 15 is 0 Å². The van der Waals surface area contributed by atoms with Crippen LogP contribution in [0.5, 0.6) is 0 Å². The van der Waals surface area contributed by atoms with Crippen LogP contribution >= 0.6 is 15.9 Å². The molecule has 1 aromatic carbocycles. The summed E-state index contributed by atoms with van der Waals surface area (Å²) in [7, 11) is 1.34. The predicted molar refractivity (Wildman–Crippen MR) is 84.6 cm³/mol. The lowest BCUT2D eigenvalue weighted by molar-refractivity contribution is -0.153. The summed E-state index contributed by atoms with van der Waals surface area (Å²) >= 11 is 3.23. The molecule has 0 radical (unpaired) electrons. The van der Waals surface area contributed by atoms with E-state index in [-0.39, 0.29) is 0 Å². The summed E-state index contributed by atoms with van der Waals surface area (Å²) in [6.07, 6.45) is -1.17. The lowest BCUT2D eigenvalue weighted by atomic mass is 10.2. The number of urea groups is 1. The number of hydrogen-bond acceptors (Lipinski definition) is 5. The van der Waals surface area contributed by atoms with Crippen molar-refractivity contribution in [2.24, 2.45) is 0 Å². The van der Waals surface area contributed by atoms with Crippen molar-refractivity contribution in [1.82, 2.24) is 16.0 Å². The smallest absolute Gasteiger partial charge is 0.326 e. The number of rotatable bonds is 5. The molecule has 4 amide bonds. The molecular formula is C14H16BrN3O5. The maximum atomic E-state index is 11.9. The van der Waals surface area contributed by atoms with Gasteiger partial charge in [0.25, 0.3) is 11.8 Å². The molecule has 9 heteroatoms. The van der Waals surface area contributed by atoms with Gasteiger partial charge in [0.2, 0.25) is 0 Å². The van der Waals surface area contributed by atoms with Gasteiger partial charge < -0.3 is 15.4 Å². The van der Waals surface area contributed by atoms with Crippen LogP contribution in [0.3, 0.4) is 0 Å². The first kappa shape index (κ1) is 18.6. The fourth-order valence-corrected chi connectivity index (χ4v) is 1.93. The quantitative estimate of drug-likeness (QED) is 0.641. The summed E-state index contributed by atoms with van der Waals surface area (Å²) in [5.41, 5.74) is 0.366. The molecule has 3 N–H and O–H groups in total. The van der Waals surface area contributed by atoms with Gasteiger partial charge in [-0.1, -0.05) is 12.1 Å². The second-order valence-electron chi connectivity index (χ2n) is 4.36. The molecule has 23 heavy (non-hydrogen) atoms. The molecule has 0 unspecified atom stereocenters. The Morgan fingerprint density at radius 2 is 1.87 bits per heavy atom. The highest BCUT2D eigenvalue weighted by Crippen LogP contribution is 2.15. The van der Waals surface area contributed by atoms with Crippen LogP contribution in [0.25, 0.3) is 0 Å². The Bertz CT molecular complexity index is 620. The fraction of sp³-hybridized carbons (Fsp3) is 0.286. The first-order chi connectivity index (χ1) is 10.8. The van der Waals surface area contributed by atoms with Gasteiger partial charge in [-0.15, -0.1) is 0 Å². The molecule has 8 nitrogen and oxygen atoms in total. The average Bonchev–Trinajstić information content (AvgIpc) is 2.52. The summed E-state index contributed by atoms with van der Waals surface area (Å²) in [5.74, 6) is -2.03. The van der Waals surface area contributed by atoms with Gasteiger partial charge in [-0.25, -0.2) is 4.79 Å². The number of halogens is 1. The van der Waals surface area contributed by atoms with Crippen LogP contribution in [-0.2, 0) is 14.3 Å².